The number of ketones is 1. The van der Waals surface area contributed by atoms with Crippen LogP contribution in [-0.4, -0.2) is 21.5 Å². The quantitative estimate of drug-likeness (QED) is 0.400. The molecule has 3 nitrogen and oxygen atoms in total. The second-order valence-corrected chi connectivity index (χ2v) is 6.22. The van der Waals surface area contributed by atoms with Gasteiger partial charge in [0.1, 0.15) is 10.9 Å². The standard InChI is InChI=1S/C17H13ClN2OS/c1-11-19-15-8-3-2-7-14(15)17(20-11)22-10-16(21)12-5-4-6-13(18)9-12/h2-9H,10H2,1H3. The number of hydrogen-bond acceptors (Lipinski definition) is 4. The first-order valence-corrected chi connectivity index (χ1v) is 8.15. The highest BCUT2D eigenvalue weighted by atomic mass is 35.5. The van der Waals surface area contributed by atoms with E-state index in [4.69, 9.17) is 11.6 Å². The average Bonchev–Trinajstić information content (AvgIpc) is 2.52. The Labute approximate surface area is 137 Å². The molecule has 0 fully saturated rings. The molecular weight excluding hydrogens is 316 g/mol. The van der Waals surface area contributed by atoms with Gasteiger partial charge in [-0.05, 0) is 25.1 Å². The first-order chi connectivity index (χ1) is 10.6. The van der Waals surface area contributed by atoms with Gasteiger partial charge in [0, 0.05) is 16.0 Å². The van der Waals surface area contributed by atoms with Gasteiger partial charge in [0.15, 0.2) is 5.78 Å². The summed E-state index contributed by atoms with van der Waals surface area (Å²) in [6.45, 7) is 1.86. The lowest BCUT2D eigenvalue weighted by Crippen LogP contribution is -2.03. The summed E-state index contributed by atoms with van der Waals surface area (Å²) in [6, 6.07) is 14.8. The van der Waals surface area contributed by atoms with Gasteiger partial charge in [-0.1, -0.05) is 53.7 Å². The molecule has 0 saturated carbocycles. The minimum atomic E-state index is 0.0350. The first-order valence-electron chi connectivity index (χ1n) is 6.78. The maximum Gasteiger partial charge on any atom is 0.173 e. The third kappa shape index (κ3) is 3.29. The number of rotatable bonds is 4. The van der Waals surface area contributed by atoms with Crippen molar-refractivity contribution in [2.75, 3.05) is 5.75 Å². The molecule has 0 aliphatic carbocycles. The Kier molecular flexibility index (Phi) is 4.41. The molecule has 1 heterocycles. The van der Waals surface area contributed by atoms with Crippen molar-refractivity contribution in [3.05, 3.63) is 64.9 Å². The second kappa shape index (κ2) is 6.46. The van der Waals surface area contributed by atoms with Gasteiger partial charge >= 0.3 is 0 Å². The Morgan fingerprint density at radius 3 is 2.77 bits per heavy atom. The van der Waals surface area contributed by atoms with E-state index < -0.39 is 0 Å². The number of para-hydroxylation sites is 1. The number of aromatic nitrogens is 2. The summed E-state index contributed by atoms with van der Waals surface area (Å²) < 4.78 is 0. The van der Waals surface area contributed by atoms with Crippen LogP contribution in [0.25, 0.3) is 10.9 Å². The fourth-order valence-electron chi connectivity index (χ4n) is 2.15. The normalized spacial score (nSPS) is 10.8. The van der Waals surface area contributed by atoms with Crippen molar-refractivity contribution in [2.24, 2.45) is 0 Å². The van der Waals surface area contributed by atoms with E-state index in [0.29, 0.717) is 22.2 Å². The molecule has 0 aliphatic heterocycles. The largest absolute Gasteiger partial charge is 0.293 e. The van der Waals surface area contributed by atoms with E-state index in [9.17, 15) is 4.79 Å². The van der Waals surface area contributed by atoms with Gasteiger partial charge < -0.3 is 0 Å². The highest BCUT2D eigenvalue weighted by Crippen LogP contribution is 2.26. The minimum Gasteiger partial charge on any atom is -0.293 e. The van der Waals surface area contributed by atoms with Crippen LogP contribution < -0.4 is 0 Å². The maximum absolute atomic E-state index is 12.3. The number of Topliss-reactive ketones (excluding diaryl/α,β-unsaturated/α-hetero) is 1. The molecule has 1 aromatic heterocycles. The summed E-state index contributed by atoms with van der Waals surface area (Å²) >= 11 is 7.35. The molecule has 0 bridgehead atoms. The van der Waals surface area contributed by atoms with Crippen LogP contribution >= 0.6 is 23.4 Å². The van der Waals surface area contributed by atoms with E-state index in [-0.39, 0.29) is 5.78 Å². The zero-order chi connectivity index (χ0) is 15.5. The van der Waals surface area contributed by atoms with Gasteiger partial charge in [-0.15, -0.1) is 0 Å². The molecular formula is C17H13ClN2OS. The van der Waals surface area contributed by atoms with Crippen LogP contribution in [0.1, 0.15) is 16.2 Å². The van der Waals surface area contributed by atoms with Crippen LogP contribution in [0.15, 0.2) is 53.6 Å². The Bertz CT molecular complexity index is 851. The van der Waals surface area contributed by atoms with Gasteiger partial charge in [0.2, 0.25) is 0 Å². The van der Waals surface area contributed by atoms with E-state index >= 15 is 0 Å². The molecule has 5 heteroatoms. The van der Waals surface area contributed by atoms with Crippen molar-refractivity contribution in [3.63, 3.8) is 0 Å². The van der Waals surface area contributed by atoms with Crippen molar-refractivity contribution in [1.82, 2.24) is 9.97 Å². The highest BCUT2D eigenvalue weighted by molar-refractivity contribution is 8.00. The number of halogens is 1. The third-order valence-electron chi connectivity index (χ3n) is 3.17. The van der Waals surface area contributed by atoms with E-state index in [1.54, 1.807) is 24.3 Å². The van der Waals surface area contributed by atoms with Crippen LogP contribution in [0.4, 0.5) is 0 Å². The maximum atomic E-state index is 12.3. The zero-order valence-corrected chi connectivity index (χ0v) is 13.5. The Hall–Kier alpha value is -1.91. The zero-order valence-electron chi connectivity index (χ0n) is 11.9. The Morgan fingerprint density at radius 1 is 1.14 bits per heavy atom. The first kappa shape index (κ1) is 15.0. The van der Waals surface area contributed by atoms with Gasteiger partial charge in [0.25, 0.3) is 0 Å². The number of aryl methyl sites for hydroxylation is 1. The molecule has 0 spiro atoms. The van der Waals surface area contributed by atoms with Crippen LogP contribution in [0, 0.1) is 6.92 Å². The van der Waals surface area contributed by atoms with Crippen LogP contribution in [0.3, 0.4) is 0 Å². The highest BCUT2D eigenvalue weighted by Gasteiger charge is 2.11. The van der Waals surface area contributed by atoms with Crippen LogP contribution in [-0.2, 0) is 0 Å². The summed E-state index contributed by atoms with van der Waals surface area (Å²) in [5.41, 5.74) is 1.52. The molecule has 0 saturated heterocycles. The molecule has 0 amide bonds. The van der Waals surface area contributed by atoms with Gasteiger partial charge in [-0.3, -0.25) is 4.79 Å². The van der Waals surface area contributed by atoms with Crippen LogP contribution in [0.5, 0.6) is 0 Å². The number of hydrogen-bond donors (Lipinski definition) is 0. The molecule has 2 aromatic carbocycles. The number of fused-ring (bicyclic) bond motifs is 1. The van der Waals surface area contributed by atoms with Gasteiger partial charge in [-0.2, -0.15) is 0 Å². The van der Waals surface area contributed by atoms with E-state index in [2.05, 4.69) is 9.97 Å². The number of carbonyl (C=O) groups excluding carboxylic acids is 1. The lowest BCUT2D eigenvalue weighted by Gasteiger charge is -2.06. The second-order valence-electron chi connectivity index (χ2n) is 4.82. The van der Waals surface area contributed by atoms with E-state index in [1.165, 1.54) is 11.8 Å². The topological polar surface area (TPSA) is 42.9 Å². The lowest BCUT2D eigenvalue weighted by atomic mass is 10.1. The molecule has 3 aromatic rings. The van der Waals surface area contributed by atoms with Crippen molar-refractivity contribution < 1.29 is 4.79 Å². The fourth-order valence-corrected chi connectivity index (χ4v) is 3.30. The average molecular weight is 329 g/mol. The predicted octanol–water partition coefficient (Wildman–Crippen LogP) is 4.57. The van der Waals surface area contributed by atoms with Crippen molar-refractivity contribution in [3.8, 4) is 0 Å². The summed E-state index contributed by atoms with van der Waals surface area (Å²) in [5.74, 6) is 1.06. The van der Waals surface area contributed by atoms with Crippen molar-refractivity contribution in [2.45, 2.75) is 11.9 Å². The lowest BCUT2D eigenvalue weighted by molar-refractivity contribution is 0.102. The minimum absolute atomic E-state index is 0.0350. The molecule has 0 radical (unpaired) electrons. The number of thioether (sulfide) groups is 1. The predicted molar refractivity (Wildman–Crippen MR) is 90.8 cm³/mol. The molecule has 22 heavy (non-hydrogen) atoms. The molecule has 0 N–H and O–H groups in total. The third-order valence-corrected chi connectivity index (χ3v) is 4.39. The van der Waals surface area contributed by atoms with Crippen molar-refractivity contribution in [1.29, 1.82) is 0 Å². The van der Waals surface area contributed by atoms with Gasteiger partial charge in [-0.25, -0.2) is 9.97 Å². The molecule has 0 aliphatic rings. The molecule has 0 unspecified atom stereocenters. The number of carbonyl (C=O) groups is 1. The summed E-state index contributed by atoms with van der Waals surface area (Å²) in [6.07, 6.45) is 0. The number of benzene rings is 2. The molecule has 110 valence electrons. The SMILES string of the molecule is Cc1nc(SCC(=O)c2cccc(Cl)c2)c2ccccc2n1. The van der Waals surface area contributed by atoms with E-state index in [1.807, 2.05) is 31.2 Å². The summed E-state index contributed by atoms with van der Waals surface area (Å²) in [7, 11) is 0. The molecule has 0 atom stereocenters. The Morgan fingerprint density at radius 2 is 1.95 bits per heavy atom. The summed E-state index contributed by atoms with van der Waals surface area (Å²) in [4.78, 5) is 21.1. The monoisotopic (exact) mass is 328 g/mol. The summed E-state index contributed by atoms with van der Waals surface area (Å²) in [5, 5.41) is 2.37. The van der Waals surface area contributed by atoms with E-state index in [0.717, 1.165) is 15.9 Å². The smallest absolute Gasteiger partial charge is 0.173 e. The fraction of sp³-hybridized carbons (Fsp3) is 0.118. The number of nitrogens with zero attached hydrogens (tertiary/aromatic N) is 2. The van der Waals surface area contributed by atoms with Crippen LogP contribution in [0.2, 0.25) is 5.02 Å². The van der Waals surface area contributed by atoms with Crippen molar-refractivity contribution >= 4 is 40.0 Å². The molecule has 3 rings (SSSR count). The Balaban J connectivity index is 1.83. The van der Waals surface area contributed by atoms with Gasteiger partial charge in [0.05, 0.1) is 11.3 Å².